The lowest BCUT2D eigenvalue weighted by molar-refractivity contribution is -0.148. The molecule has 0 saturated heterocycles. The number of Topliss-reactive ketones (excluding diaryl/α,β-unsaturated/α-hetero) is 1. The lowest BCUT2D eigenvalue weighted by atomic mass is 9.80. The quantitative estimate of drug-likeness (QED) is 0.199. The summed E-state index contributed by atoms with van der Waals surface area (Å²) in [7, 11) is 0. The highest BCUT2D eigenvalue weighted by Gasteiger charge is 2.58. The molecule has 0 aliphatic heterocycles. The van der Waals surface area contributed by atoms with Gasteiger partial charge in [-0.1, -0.05) is 37.1 Å². The lowest BCUT2D eigenvalue weighted by Crippen LogP contribution is -2.32. The average molecular weight is 669 g/mol. The number of ether oxygens (including phenoxy) is 1. The molecule has 0 unspecified atom stereocenters. The van der Waals surface area contributed by atoms with E-state index in [1.165, 1.54) is 19.3 Å². The van der Waals surface area contributed by atoms with Crippen molar-refractivity contribution in [2.75, 3.05) is 11.9 Å². The van der Waals surface area contributed by atoms with Crippen molar-refractivity contribution in [3.63, 3.8) is 0 Å². The van der Waals surface area contributed by atoms with Crippen LogP contribution in [-0.4, -0.2) is 60.5 Å². The van der Waals surface area contributed by atoms with Crippen molar-refractivity contribution in [2.24, 2.45) is 16.2 Å². The van der Waals surface area contributed by atoms with E-state index in [4.69, 9.17) is 21.4 Å². The van der Waals surface area contributed by atoms with Gasteiger partial charge < -0.3 is 30.5 Å². The van der Waals surface area contributed by atoms with Crippen LogP contribution in [0.15, 0.2) is 42.6 Å². The van der Waals surface area contributed by atoms with Gasteiger partial charge in [-0.05, 0) is 126 Å². The van der Waals surface area contributed by atoms with Crippen LogP contribution >= 0.6 is 11.6 Å². The number of carbonyl (C=O) groups excluding carboxylic acids is 1. The third-order valence-electron chi connectivity index (χ3n) is 12.6. The maximum Gasteiger partial charge on any atom is 0.309 e. The zero-order chi connectivity index (χ0) is 33.6. The van der Waals surface area contributed by atoms with Gasteiger partial charge in [-0.2, -0.15) is 0 Å². The van der Waals surface area contributed by atoms with Gasteiger partial charge in [-0.25, -0.2) is 4.98 Å². The molecule has 0 atom stereocenters. The standard InChI is InChI=1S/C20H21ClN2O3.C9H16O.C8H12O3/c21-14-4-1-2-5-15(14)26-16-6-3-11-22-18(16)23-12-17(24)19-7-9-20(25,13-19)10-8-19;1-2-8-3-5-9(10,7-8)6-4-8;9-6(10)7-1-3-8(11,5-7)4-2-7/h1-6,11,25H,7-10,12-13H2,(H,22,23);10H,2-7H2,1H3;11H,1-5H2,(H,9,10). The molecule has 0 radical (unpaired) electrons. The van der Waals surface area contributed by atoms with E-state index >= 15 is 0 Å². The van der Waals surface area contributed by atoms with Gasteiger partial charge in [0.1, 0.15) is 5.75 Å². The Bertz CT molecular complexity index is 1470. The number of aliphatic hydroxyl groups is 3. The fourth-order valence-electron chi connectivity index (χ4n) is 9.40. The van der Waals surface area contributed by atoms with Gasteiger partial charge in [-0.3, -0.25) is 9.59 Å². The third-order valence-corrected chi connectivity index (χ3v) is 12.9. The summed E-state index contributed by atoms with van der Waals surface area (Å²) >= 11 is 6.15. The monoisotopic (exact) mass is 668 g/mol. The number of ketones is 1. The summed E-state index contributed by atoms with van der Waals surface area (Å²) in [6.07, 6.45) is 15.5. The van der Waals surface area contributed by atoms with Crippen molar-refractivity contribution in [3.05, 3.63) is 47.6 Å². The maximum atomic E-state index is 12.8. The number of carboxylic acid groups (broad SMARTS) is 1. The SMILES string of the molecule is CCC12CCC(O)(CC1)C2.O=C(CNc1ncccc1Oc1ccccc1Cl)C12CCC(O)(CC1)C2.O=C(O)C12CCC(O)(CC1)C2. The van der Waals surface area contributed by atoms with Crippen molar-refractivity contribution < 1.29 is 34.8 Å². The molecule has 6 bridgehead atoms. The van der Waals surface area contributed by atoms with E-state index in [0.717, 1.165) is 44.9 Å². The first-order valence-corrected chi connectivity index (χ1v) is 17.7. The highest BCUT2D eigenvalue weighted by Crippen LogP contribution is 2.59. The number of hydrogen-bond donors (Lipinski definition) is 5. The fraction of sp³-hybridized carbons (Fsp3) is 0.649. The predicted octanol–water partition coefficient (Wildman–Crippen LogP) is 7.06. The number of carboxylic acids is 1. The zero-order valence-corrected chi connectivity index (χ0v) is 28.2. The van der Waals surface area contributed by atoms with Crippen LogP contribution in [0.1, 0.15) is 110 Å². The summed E-state index contributed by atoms with van der Waals surface area (Å²) in [6, 6.07) is 10.8. The predicted molar refractivity (Wildman–Crippen MR) is 179 cm³/mol. The highest BCUT2D eigenvalue weighted by molar-refractivity contribution is 6.32. The van der Waals surface area contributed by atoms with Crippen molar-refractivity contribution in [1.29, 1.82) is 0 Å². The minimum atomic E-state index is -0.717. The highest BCUT2D eigenvalue weighted by atomic mass is 35.5. The molecule has 6 saturated carbocycles. The first-order valence-electron chi connectivity index (χ1n) is 17.3. The summed E-state index contributed by atoms with van der Waals surface area (Å²) in [4.78, 5) is 27.9. The Morgan fingerprint density at radius 3 is 1.74 bits per heavy atom. The molecule has 5 N–H and O–H groups in total. The molecular formula is C37H49ClN2O7. The van der Waals surface area contributed by atoms with E-state index < -0.39 is 22.6 Å². The van der Waals surface area contributed by atoms with Crippen LogP contribution in [0.4, 0.5) is 5.82 Å². The van der Waals surface area contributed by atoms with Crippen molar-refractivity contribution in [1.82, 2.24) is 4.98 Å². The number of rotatable bonds is 8. The van der Waals surface area contributed by atoms with Gasteiger partial charge in [0.15, 0.2) is 17.4 Å². The number of anilines is 1. The van der Waals surface area contributed by atoms with Crippen LogP contribution in [0.5, 0.6) is 11.5 Å². The second-order valence-corrected chi connectivity index (χ2v) is 16.0. The van der Waals surface area contributed by atoms with E-state index in [1.807, 2.05) is 12.1 Å². The summed E-state index contributed by atoms with van der Waals surface area (Å²) in [5, 5.41) is 42.4. The first-order chi connectivity index (χ1) is 22.2. The maximum absolute atomic E-state index is 12.8. The smallest absolute Gasteiger partial charge is 0.309 e. The van der Waals surface area contributed by atoms with Gasteiger partial charge in [0, 0.05) is 11.6 Å². The Morgan fingerprint density at radius 2 is 1.30 bits per heavy atom. The largest absolute Gasteiger partial charge is 0.481 e. The van der Waals surface area contributed by atoms with E-state index in [9.17, 15) is 24.9 Å². The van der Waals surface area contributed by atoms with Crippen LogP contribution < -0.4 is 10.1 Å². The van der Waals surface area contributed by atoms with E-state index in [0.29, 0.717) is 66.3 Å². The van der Waals surface area contributed by atoms with Crippen LogP contribution in [0.25, 0.3) is 0 Å². The van der Waals surface area contributed by atoms with Crippen LogP contribution in [0, 0.1) is 16.2 Å². The second kappa shape index (κ2) is 12.6. The van der Waals surface area contributed by atoms with Crippen LogP contribution in [-0.2, 0) is 9.59 Å². The second-order valence-electron chi connectivity index (χ2n) is 15.6. The summed E-state index contributed by atoms with van der Waals surface area (Å²) in [6.45, 7) is 2.43. The van der Waals surface area contributed by atoms with Crippen molar-refractivity contribution >= 4 is 29.2 Å². The molecule has 1 aromatic carbocycles. The molecule has 0 amide bonds. The molecule has 6 fully saturated rings. The minimum Gasteiger partial charge on any atom is -0.481 e. The topological polar surface area (TPSA) is 149 Å². The Kier molecular flexibility index (Phi) is 9.17. The molecule has 6 aliphatic carbocycles. The van der Waals surface area contributed by atoms with Gasteiger partial charge in [0.2, 0.25) is 0 Å². The fourth-order valence-corrected chi connectivity index (χ4v) is 9.57. The molecule has 2 aromatic rings. The number of hydrogen-bond acceptors (Lipinski definition) is 8. The number of aliphatic carboxylic acids is 1. The van der Waals surface area contributed by atoms with Crippen LogP contribution in [0.2, 0.25) is 5.02 Å². The molecule has 9 nitrogen and oxygen atoms in total. The zero-order valence-electron chi connectivity index (χ0n) is 27.4. The van der Waals surface area contributed by atoms with E-state index in [1.54, 1.807) is 30.5 Å². The Balaban J connectivity index is 0.000000149. The first kappa shape index (κ1) is 34.2. The number of aromatic nitrogens is 1. The molecule has 0 spiro atoms. The third kappa shape index (κ3) is 6.91. The Morgan fingerprint density at radius 1 is 0.766 bits per heavy atom. The Labute approximate surface area is 282 Å². The van der Waals surface area contributed by atoms with Gasteiger partial charge in [-0.15, -0.1) is 0 Å². The summed E-state index contributed by atoms with van der Waals surface area (Å²) < 4.78 is 5.87. The average Bonchev–Trinajstić information content (AvgIpc) is 3.90. The molecular weight excluding hydrogens is 620 g/mol. The molecule has 10 heteroatoms. The lowest BCUT2D eigenvalue weighted by Gasteiger charge is -2.25. The van der Waals surface area contributed by atoms with Gasteiger partial charge in [0.05, 0.1) is 33.8 Å². The number of nitrogens with one attached hydrogen (secondary N) is 1. The minimum absolute atomic E-state index is 0.139. The van der Waals surface area contributed by atoms with Gasteiger partial charge >= 0.3 is 5.97 Å². The molecule has 47 heavy (non-hydrogen) atoms. The van der Waals surface area contributed by atoms with E-state index in [2.05, 4.69) is 17.2 Å². The van der Waals surface area contributed by atoms with Crippen LogP contribution in [0.3, 0.4) is 0 Å². The number of nitrogens with zero attached hydrogens (tertiary/aromatic N) is 1. The number of carbonyl (C=O) groups is 2. The molecule has 1 heterocycles. The number of benzene rings is 1. The van der Waals surface area contributed by atoms with Crippen molar-refractivity contribution in [2.45, 2.75) is 126 Å². The normalized spacial score (nSPS) is 37.1. The number of para-hydroxylation sites is 1. The number of pyridine rings is 1. The summed E-state index contributed by atoms with van der Waals surface area (Å²) in [5.74, 6) is 0.974. The molecule has 1 aromatic heterocycles. The summed E-state index contributed by atoms with van der Waals surface area (Å²) in [5.41, 5.74) is -1.85. The molecule has 256 valence electrons. The number of halogens is 1. The van der Waals surface area contributed by atoms with Crippen molar-refractivity contribution in [3.8, 4) is 11.5 Å². The Hall–Kier alpha value is -2.72. The molecule has 8 rings (SSSR count). The number of fused-ring (bicyclic) bond motifs is 6. The van der Waals surface area contributed by atoms with E-state index in [-0.39, 0.29) is 23.3 Å². The van der Waals surface area contributed by atoms with Gasteiger partial charge in [0.25, 0.3) is 0 Å². The molecule has 6 aliphatic rings.